The summed E-state index contributed by atoms with van der Waals surface area (Å²) in [7, 11) is 0. The molecule has 2 atom stereocenters. The normalized spacial score (nSPS) is 12.6. The van der Waals surface area contributed by atoms with Crippen molar-refractivity contribution in [3.63, 3.8) is 0 Å². The Morgan fingerprint density at radius 2 is 2.13 bits per heavy atom. The van der Waals surface area contributed by atoms with E-state index in [1.165, 1.54) is 0 Å². The molecule has 3 heteroatoms. The molecule has 0 saturated heterocycles. The Labute approximate surface area is 184 Å². The van der Waals surface area contributed by atoms with Crippen molar-refractivity contribution in [1.29, 1.82) is 0 Å². The van der Waals surface area contributed by atoms with Gasteiger partial charge in [-0.3, -0.25) is 4.79 Å². The van der Waals surface area contributed by atoms with Crippen molar-refractivity contribution in [1.82, 2.24) is 5.32 Å². The summed E-state index contributed by atoms with van der Waals surface area (Å²) in [5.74, 6) is 0.610. The minimum atomic E-state index is -0.144. The number of carbonyl (C=O) groups excluding carboxylic acids is 1. The van der Waals surface area contributed by atoms with Crippen LogP contribution >= 0.6 is 0 Å². The van der Waals surface area contributed by atoms with Gasteiger partial charge in [-0.15, -0.1) is 6.58 Å². The number of aryl methyl sites for hydroxylation is 1. The van der Waals surface area contributed by atoms with Crippen LogP contribution in [0.2, 0.25) is 0 Å². The molecule has 3 nitrogen and oxygen atoms in total. The summed E-state index contributed by atoms with van der Waals surface area (Å²) in [4.78, 5) is 13.1. The van der Waals surface area contributed by atoms with Crippen LogP contribution in [0.4, 0.5) is 0 Å². The average molecular weight is 406 g/mol. The van der Waals surface area contributed by atoms with Crippen molar-refractivity contribution in [3.8, 4) is 5.75 Å². The van der Waals surface area contributed by atoms with Gasteiger partial charge in [0.2, 0.25) is 0 Å². The first-order chi connectivity index (χ1) is 14.5. The molecule has 1 unspecified atom stereocenters. The van der Waals surface area contributed by atoms with Gasteiger partial charge in [0.05, 0.1) is 6.04 Å². The highest BCUT2D eigenvalue weighted by molar-refractivity contribution is 5.96. The van der Waals surface area contributed by atoms with Crippen molar-refractivity contribution in [3.05, 3.63) is 90.0 Å². The average Bonchev–Trinajstić information content (AvgIpc) is 2.75. The first-order valence-electron chi connectivity index (χ1n) is 10.5. The van der Waals surface area contributed by atoms with Crippen LogP contribution in [0.25, 0.3) is 10.8 Å². The van der Waals surface area contributed by atoms with E-state index in [-0.39, 0.29) is 22.3 Å². The van der Waals surface area contributed by atoms with Crippen LogP contribution in [0.15, 0.2) is 61.2 Å². The van der Waals surface area contributed by atoms with Crippen molar-refractivity contribution < 1.29 is 13.8 Å². The second-order valence-electron chi connectivity index (χ2n) is 7.64. The van der Waals surface area contributed by atoms with Gasteiger partial charge in [-0.1, -0.05) is 49.8 Å². The zero-order valence-electron chi connectivity index (χ0n) is 18.0. The quantitative estimate of drug-likeness (QED) is 0.386. The summed E-state index contributed by atoms with van der Waals surface area (Å²) < 4.78 is 6.13. The number of hydrogen-bond donors (Lipinski definition) is 1. The highest BCUT2D eigenvalue weighted by Gasteiger charge is 2.17. The number of carbonyl (C=O) groups is 1. The Bertz CT molecular complexity index is 1030. The Morgan fingerprint density at radius 3 is 2.90 bits per heavy atom. The van der Waals surface area contributed by atoms with E-state index in [0.717, 1.165) is 41.2 Å². The van der Waals surface area contributed by atoms with Gasteiger partial charge in [0.25, 0.3) is 5.91 Å². The van der Waals surface area contributed by atoms with E-state index in [9.17, 15) is 4.79 Å². The second kappa shape index (κ2) is 9.98. The molecule has 0 aliphatic carbocycles. The van der Waals surface area contributed by atoms with Crippen LogP contribution in [0.1, 0.15) is 64.9 Å². The first-order valence-corrected chi connectivity index (χ1v) is 10.5. The van der Waals surface area contributed by atoms with E-state index in [0.29, 0.717) is 11.3 Å². The fourth-order valence-corrected chi connectivity index (χ4v) is 3.70. The molecule has 3 aromatic rings. The topological polar surface area (TPSA) is 38.3 Å². The summed E-state index contributed by atoms with van der Waals surface area (Å²) in [6.07, 6.45) is 4.73. The first kappa shape index (κ1) is 21.5. The molecule has 0 aromatic heterocycles. The molecule has 0 aliphatic rings. The lowest BCUT2D eigenvalue weighted by Crippen LogP contribution is -2.27. The molecule has 0 heterocycles. The van der Waals surface area contributed by atoms with Crippen LogP contribution in [0.5, 0.6) is 5.75 Å². The molecule has 3 rings (SSSR count). The molecule has 0 spiro atoms. The third kappa shape index (κ3) is 5.02. The number of amides is 1. The fraction of sp³-hybridized carbons (Fsp3) is 0.296. The molecule has 3 aromatic carbocycles. The Morgan fingerprint density at radius 1 is 1.30 bits per heavy atom. The predicted molar refractivity (Wildman–Crippen MR) is 129 cm³/mol. The number of rotatable bonds is 9. The SMILES string of the molecule is C=CCC(CCC)Oc1ccc(C)c(C(=O)N[C@H](C)c2cccc3c#cccc23)c1.[HH].[HH].[HH]. The summed E-state index contributed by atoms with van der Waals surface area (Å²) in [5.41, 5.74) is 2.61. The highest BCUT2D eigenvalue weighted by atomic mass is 16.5. The molecule has 0 radical (unpaired) electrons. The molecule has 0 saturated carbocycles. The minimum Gasteiger partial charge on any atom is -0.490 e. The minimum absolute atomic E-state index is 0. The molecule has 1 amide bonds. The fourth-order valence-electron chi connectivity index (χ4n) is 3.70. The maximum atomic E-state index is 13.1. The van der Waals surface area contributed by atoms with E-state index < -0.39 is 0 Å². The number of ether oxygens (including phenoxy) is 1. The maximum absolute atomic E-state index is 13.1. The number of fused-ring (bicyclic) bond motifs is 1. The van der Waals surface area contributed by atoms with E-state index in [1.807, 2.05) is 68.5 Å². The van der Waals surface area contributed by atoms with E-state index >= 15 is 0 Å². The van der Waals surface area contributed by atoms with Crippen LogP contribution < -0.4 is 10.1 Å². The standard InChI is InChI=1S/C27H29NO2.3H2/c1-5-10-22(11-6-2)30-23-17-16-19(3)26(18-23)27(29)28-20(4)24-15-9-13-21-12-7-8-14-25(21)24;;;/h5,8-9,13-18,20,22H,1,6,10-11H2,2-4H3,(H,28,29);3*1H/t20-,22?;;;/m1.../s1. The molecule has 0 bridgehead atoms. The Hall–Kier alpha value is -3.25. The van der Waals surface area contributed by atoms with Gasteiger partial charge >= 0.3 is 0 Å². The Kier molecular flexibility index (Phi) is 7.14. The van der Waals surface area contributed by atoms with Crippen molar-refractivity contribution in [2.75, 3.05) is 0 Å². The summed E-state index contributed by atoms with van der Waals surface area (Å²) >= 11 is 0. The lowest BCUT2D eigenvalue weighted by Gasteiger charge is -2.20. The van der Waals surface area contributed by atoms with Gasteiger partial charge in [0.15, 0.2) is 0 Å². The molecule has 1 N–H and O–H groups in total. The van der Waals surface area contributed by atoms with E-state index in [1.54, 1.807) is 0 Å². The van der Waals surface area contributed by atoms with E-state index in [2.05, 4.69) is 31.0 Å². The van der Waals surface area contributed by atoms with Gasteiger partial charge < -0.3 is 10.1 Å². The largest absolute Gasteiger partial charge is 0.490 e. The summed E-state index contributed by atoms with van der Waals surface area (Å²) in [5, 5.41) is 5.21. The van der Waals surface area contributed by atoms with Crippen molar-refractivity contribution in [2.45, 2.75) is 52.2 Å². The van der Waals surface area contributed by atoms with Gasteiger partial charge in [0.1, 0.15) is 11.9 Å². The lowest BCUT2D eigenvalue weighted by molar-refractivity contribution is 0.0938. The van der Waals surface area contributed by atoms with Crippen LogP contribution in [-0.2, 0) is 0 Å². The van der Waals surface area contributed by atoms with Crippen molar-refractivity contribution in [2.24, 2.45) is 0 Å². The molecule has 160 valence electrons. The number of nitrogens with one attached hydrogen (secondary N) is 1. The third-order valence-electron chi connectivity index (χ3n) is 5.29. The van der Waals surface area contributed by atoms with Crippen LogP contribution in [0.3, 0.4) is 0 Å². The molecule has 30 heavy (non-hydrogen) atoms. The summed E-state index contributed by atoms with van der Waals surface area (Å²) in [6, 6.07) is 21.6. The van der Waals surface area contributed by atoms with Crippen molar-refractivity contribution >= 4 is 16.7 Å². The van der Waals surface area contributed by atoms with Gasteiger partial charge in [0, 0.05) is 21.7 Å². The summed E-state index contributed by atoms with van der Waals surface area (Å²) in [6.45, 7) is 9.90. The van der Waals surface area contributed by atoms with Gasteiger partial charge in [-0.05, 0) is 67.1 Å². The second-order valence-corrected chi connectivity index (χ2v) is 7.64. The Balaban J connectivity index is 0.00000341. The number of benzene rings is 2. The van der Waals surface area contributed by atoms with Gasteiger partial charge in [-0.25, -0.2) is 0 Å². The maximum Gasteiger partial charge on any atom is 0.252 e. The predicted octanol–water partition coefficient (Wildman–Crippen LogP) is 7.10. The zero-order chi connectivity index (χ0) is 21.5. The molecule has 0 aliphatic heterocycles. The highest BCUT2D eigenvalue weighted by Crippen LogP contribution is 2.25. The molecular formula is C27H35NO2. The molecular weight excluding hydrogens is 370 g/mol. The smallest absolute Gasteiger partial charge is 0.252 e. The third-order valence-corrected chi connectivity index (χ3v) is 5.29. The molecule has 0 fully saturated rings. The van der Waals surface area contributed by atoms with E-state index in [4.69, 9.17) is 4.74 Å². The van der Waals surface area contributed by atoms with Crippen LogP contribution in [-0.4, -0.2) is 12.0 Å². The van der Waals surface area contributed by atoms with Gasteiger partial charge in [-0.2, -0.15) is 0 Å². The zero-order valence-corrected chi connectivity index (χ0v) is 18.0. The monoisotopic (exact) mass is 405 g/mol. The lowest BCUT2D eigenvalue weighted by atomic mass is 10.00. The number of hydrogen-bond acceptors (Lipinski definition) is 2. The van der Waals surface area contributed by atoms with Crippen LogP contribution in [0, 0.1) is 19.1 Å².